The fourth-order valence-electron chi connectivity index (χ4n) is 4.85. The number of nitrogens with one attached hydrogen (secondary N) is 2. The summed E-state index contributed by atoms with van der Waals surface area (Å²) in [5.74, 6) is 1.89. The van der Waals surface area contributed by atoms with Crippen LogP contribution in [0.25, 0.3) is 32.9 Å². The van der Waals surface area contributed by atoms with Gasteiger partial charge in [0.15, 0.2) is 0 Å². The van der Waals surface area contributed by atoms with Crippen LogP contribution in [0.2, 0.25) is 0 Å². The van der Waals surface area contributed by atoms with E-state index in [0.29, 0.717) is 41.4 Å². The first kappa shape index (κ1) is 24.1. The predicted molar refractivity (Wildman–Crippen MR) is 145 cm³/mol. The van der Waals surface area contributed by atoms with Gasteiger partial charge in [-0.1, -0.05) is 48.5 Å². The van der Waals surface area contributed by atoms with Crippen molar-refractivity contribution in [3.8, 4) is 28.4 Å². The molecular weight excluding hydrogens is 470 g/mol. The fourth-order valence-corrected chi connectivity index (χ4v) is 4.85. The van der Waals surface area contributed by atoms with Crippen molar-refractivity contribution in [2.45, 2.75) is 13.1 Å². The van der Waals surface area contributed by atoms with Gasteiger partial charge in [0.1, 0.15) is 22.8 Å². The maximum Gasteiger partial charge on any atom is 0.301 e. The van der Waals surface area contributed by atoms with Crippen molar-refractivity contribution in [3.63, 3.8) is 0 Å². The van der Waals surface area contributed by atoms with E-state index in [0.717, 1.165) is 33.0 Å². The maximum atomic E-state index is 12.5. The van der Waals surface area contributed by atoms with E-state index >= 15 is 0 Å². The lowest BCUT2D eigenvalue weighted by Crippen LogP contribution is -2.15. The number of rotatable bonds is 9. The number of ether oxygens (including phenoxy) is 3. The number of hydrogen-bond donors (Lipinski definition) is 2. The smallest absolute Gasteiger partial charge is 0.301 e. The molecule has 0 saturated carbocycles. The SMILES string of the molecule is COc1cc(OC)c(CNCc2cc3c([nH]c4ccccc43)c([N+](=O)[O-])c2-c2ccccc2)c(OC)c1. The molecule has 4 aromatic carbocycles. The number of fused-ring (bicyclic) bond motifs is 3. The van der Waals surface area contributed by atoms with Gasteiger partial charge < -0.3 is 24.5 Å². The summed E-state index contributed by atoms with van der Waals surface area (Å²) in [6, 6.07) is 22.9. The molecular formula is C29H27N3O5. The standard InChI is InChI=1S/C29H27N3O5/c1-35-20-14-25(36-2)23(26(15-20)37-3)17-30-16-19-13-22-21-11-7-8-12-24(21)31-28(22)29(32(33)34)27(19)18-9-5-4-6-10-18/h4-15,30-31H,16-17H2,1-3H3. The molecule has 37 heavy (non-hydrogen) atoms. The summed E-state index contributed by atoms with van der Waals surface area (Å²) in [6.07, 6.45) is 0. The van der Waals surface area contributed by atoms with Crippen LogP contribution in [0, 0.1) is 10.1 Å². The molecule has 0 aliphatic heterocycles. The van der Waals surface area contributed by atoms with E-state index in [4.69, 9.17) is 14.2 Å². The monoisotopic (exact) mass is 497 g/mol. The van der Waals surface area contributed by atoms with Gasteiger partial charge in [-0.3, -0.25) is 10.1 Å². The molecule has 5 rings (SSSR count). The summed E-state index contributed by atoms with van der Waals surface area (Å²) in [4.78, 5) is 15.5. The van der Waals surface area contributed by atoms with Crippen molar-refractivity contribution < 1.29 is 19.1 Å². The van der Waals surface area contributed by atoms with Crippen LogP contribution in [0.4, 0.5) is 5.69 Å². The van der Waals surface area contributed by atoms with E-state index in [9.17, 15) is 10.1 Å². The topological polar surface area (TPSA) is 98.7 Å². The van der Waals surface area contributed by atoms with Gasteiger partial charge in [-0.15, -0.1) is 0 Å². The zero-order chi connectivity index (χ0) is 25.9. The first-order chi connectivity index (χ1) is 18.0. The van der Waals surface area contributed by atoms with Crippen molar-refractivity contribution in [1.82, 2.24) is 10.3 Å². The Balaban J connectivity index is 1.62. The number of nitrogens with zero attached hydrogens (tertiary/aromatic N) is 1. The second kappa shape index (κ2) is 10.2. The summed E-state index contributed by atoms with van der Waals surface area (Å²) in [5.41, 5.74) is 4.47. The molecule has 2 N–H and O–H groups in total. The number of methoxy groups -OCH3 is 3. The Morgan fingerprint density at radius 3 is 2.16 bits per heavy atom. The number of aromatic nitrogens is 1. The maximum absolute atomic E-state index is 12.5. The molecule has 0 unspecified atom stereocenters. The number of benzene rings is 4. The summed E-state index contributed by atoms with van der Waals surface area (Å²) in [6.45, 7) is 0.809. The average Bonchev–Trinajstić information content (AvgIpc) is 3.30. The minimum atomic E-state index is -0.293. The summed E-state index contributed by atoms with van der Waals surface area (Å²) in [7, 11) is 4.78. The molecule has 0 radical (unpaired) electrons. The molecule has 0 fully saturated rings. The molecule has 188 valence electrons. The van der Waals surface area contributed by atoms with E-state index in [1.165, 1.54) is 0 Å². The van der Waals surface area contributed by atoms with Crippen molar-refractivity contribution >= 4 is 27.5 Å². The van der Waals surface area contributed by atoms with E-state index in [1.807, 2.05) is 60.7 Å². The fraction of sp³-hybridized carbons (Fsp3) is 0.172. The average molecular weight is 498 g/mol. The quantitative estimate of drug-likeness (QED) is 0.186. The van der Waals surface area contributed by atoms with Crippen LogP contribution >= 0.6 is 0 Å². The highest BCUT2D eigenvalue weighted by molar-refractivity contribution is 6.13. The first-order valence-electron chi connectivity index (χ1n) is 11.8. The lowest BCUT2D eigenvalue weighted by Gasteiger charge is -2.17. The highest BCUT2D eigenvalue weighted by atomic mass is 16.6. The van der Waals surface area contributed by atoms with Gasteiger partial charge in [-0.25, -0.2) is 0 Å². The highest BCUT2D eigenvalue weighted by Crippen LogP contribution is 2.42. The van der Waals surface area contributed by atoms with Crippen molar-refractivity contribution in [2.24, 2.45) is 0 Å². The molecule has 1 aromatic heterocycles. The molecule has 0 bridgehead atoms. The number of aromatic amines is 1. The molecule has 8 heteroatoms. The van der Waals surface area contributed by atoms with Crippen LogP contribution in [0.3, 0.4) is 0 Å². The van der Waals surface area contributed by atoms with E-state index < -0.39 is 0 Å². The van der Waals surface area contributed by atoms with Crippen LogP contribution in [0.1, 0.15) is 11.1 Å². The highest BCUT2D eigenvalue weighted by Gasteiger charge is 2.26. The zero-order valence-corrected chi connectivity index (χ0v) is 20.8. The third-order valence-corrected chi connectivity index (χ3v) is 6.54. The van der Waals surface area contributed by atoms with E-state index in [-0.39, 0.29) is 10.6 Å². The third-order valence-electron chi connectivity index (χ3n) is 6.54. The van der Waals surface area contributed by atoms with Crippen LogP contribution in [-0.2, 0) is 13.1 Å². The minimum absolute atomic E-state index is 0.0660. The van der Waals surface area contributed by atoms with Crippen molar-refractivity contribution in [3.05, 3.63) is 94.0 Å². The summed E-state index contributed by atoms with van der Waals surface area (Å²) < 4.78 is 16.5. The number of hydrogen-bond acceptors (Lipinski definition) is 6. The Morgan fingerprint density at radius 1 is 0.838 bits per heavy atom. The van der Waals surface area contributed by atoms with Gasteiger partial charge in [0.05, 0.1) is 37.4 Å². The lowest BCUT2D eigenvalue weighted by molar-refractivity contribution is -0.382. The molecule has 1 heterocycles. The summed E-state index contributed by atoms with van der Waals surface area (Å²) >= 11 is 0. The first-order valence-corrected chi connectivity index (χ1v) is 11.8. The third kappa shape index (κ3) is 4.43. The Morgan fingerprint density at radius 2 is 1.51 bits per heavy atom. The normalized spacial score (nSPS) is 11.1. The van der Waals surface area contributed by atoms with Gasteiger partial charge >= 0.3 is 5.69 Å². The summed E-state index contributed by atoms with van der Waals surface area (Å²) in [5, 5.41) is 17.7. The Bertz CT molecular complexity index is 1570. The Hall–Kier alpha value is -4.56. The molecule has 0 atom stereocenters. The molecule has 0 saturated heterocycles. The van der Waals surface area contributed by atoms with E-state index in [2.05, 4.69) is 10.3 Å². The molecule has 0 aliphatic carbocycles. The van der Waals surface area contributed by atoms with Gasteiger partial charge in [0, 0.05) is 41.5 Å². The largest absolute Gasteiger partial charge is 0.496 e. The number of para-hydroxylation sites is 1. The molecule has 5 aromatic rings. The van der Waals surface area contributed by atoms with Crippen LogP contribution in [0.15, 0.2) is 72.8 Å². The second-order valence-corrected chi connectivity index (χ2v) is 8.59. The minimum Gasteiger partial charge on any atom is -0.496 e. The molecule has 8 nitrogen and oxygen atoms in total. The second-order valence-electron chi connectivity index (χ2n) is 8.59. The Kier molecular flexibility index (Phi) is 6.66. The van der Waals surface area contributed by atoms with Crippen molar-refractivity contribution in [1.29, 1.82) is 0 Å². The zero-order valence-electron chi connectivity index (χ0n) is 20.8. The Labute approximate surface area is 213 Å². The van der Waals surface area contributed by atoms with Gasteiger partial charge in [-0.2, -0.15) is 0 Å². The van der Waals surface area contributed by atoms with Crippen LogP contribution in [-0.4, -0.2) is 31.2 Å². The van der Waals surface area contributed by atoms with Crippen molar-refractivity contribution in [2.75, 3.05) is 21.3 Å². The van der Waals surface area contributed by atoms with E-state index in [1.54, 1.807) is 33.5 Å². The lowest BCUT2D eigenvalue weighted by atomic mass is 9.94. The van der Waals surface area contributed by atoms with Crippen LogP contribution in [0.5, 0.6) is 17.2 Å². The van der Waals surface area contributed by atoms with Gasteiger partial charge in [-0.05, 0) is 23.3 Å². The van der Waals surface area contributed by atoms with Crippen LogP contribution < -0.4 is 19.5 Å². The molecule has 0 aliphatic rings. The van der Waals surface area contributed by atoms with Gasteiger partial charge in [0.25, 0.3) is 0 Å². The molecule has 0 spiro atoms. The molecule has 0 amide bonds. The van der Waals surface area contributed by atoms with Gasteiger partial charge in [0.2, 0.25) is 0 Å². The predicted octanol–water partition coefficient (Wildman–Crippen LogP) is 6.21. The number of nitro benzene ring substituents is 1. The number of nitro groups is 1. The number of H-pyrrole nitrogens is 1.